The Balaban J connectivity index is 1.63. The number of hydrogen-bond donors (Lipinski definition) is 0. The SMILES string of the molecule is CCC[C@@H]1CC[C@@H]2C[C@H](c3ccc(OC(F)(F)F)c(F)c3)CC[C@@H]2C1. The molecule has 0 spiro atoms. The summed E-state index contributed by atoms with van der Waals surface area (Å²) in [6, 6.07) is 3.94. The zero-order chi connectivity index (χ0) is 18.0. The zero-order valence-corrected chi connectivity index (χ0v) is 14.6. The van der Waals surface area contributed by atoms with Gasteiger partial charge in [0.25, 0.3) is 0 Å². The lowest BCUT2D eigenvalue weighted by Crippen LogP contribution is -2.30. The van der Waals surface area contributed by atoms with Crippen molar-refractivity contribution in [2.24, 2.45) is 17.8 Å². The van der Waals surface area contributed by atoms with Crippen LogP contribution >= 0.6 is 0 Å². The Hall–Kier alpha value is -1.26. The van der Waals surface area contributed by atoms with Crippen LogP contribution in [0.2, 0.25) is 0 Å². The van der Waals surface area contributed by atoms with Gasteiger partial charge in [-0.05, 0) is 73.5 Å². The summed E-state index contributed by atoms with van der Waals surface area (Å²) in [5.74, 6) is 0.895. The Kier molecular flexibility index (Phi) is 5.59. The maximum Gasteiger partial charge on any atom is 0.573 e. The highest BCUT2D eigenvalue weighted by atomic mass is 19.4. The highest BCUT2D eigenvalue weighted by molar-refractivity contribution is 5.32. The smallest absolute Gasteiger partial charge is 0.403 e. The van der Waals surface area contributed by atoms with Gasteiger partial charge in [-0.25, -0.2) is 4.39 Å². The van der Waals surface area contributed by atoms with Gasteiger partial charge >= 0.3 is 6.36 Å². The van der Waals surface area contributed by atoms with Gasteiger partial charge in [0.15, 0.2) is 11.6 Å². The molecular formula is C20H26F4O. The van der Waals surface area contributed by atoms with Crippen LogP contribution < -0.4 is 4.74 Å². The predicted molar refractivity (Wildman–Crippen MR) is 88.9 cm³/mol. The molecule has 2 aliphatic carbocycles. The molecule has 0 unspecified atom stereocenters. The number of ether oxygens (including phenoxy) is 1. The molecule has 3 rings (SSSR count). The Morgan fingerprint density at radius 3 is 2.44 bits per heavy atom. The third kappa shape index (κ3) is 4.68. The zero-order valence-electron chi connectivity index (χ0n) is 14.6. The lowest BCUT2D eigenvalue weighted by atomic mass is 9.63. The molecule has 0 aliphatic heterocycles. The molecule has 2 fully saturated rings. The first kappa shape index (κ1) is 18.5. The number of benzene rings is 1. The number of fused-ring (bicyclic) bond motifs is 1. The normalized spacial score (nSPS) is 30.0. The van der Waals surface area contributed by atoms with E-state index >= 15 is 0 Å². The molecule has 1 nitrogen and oxygen atoms in total. The molecule has 0 aromatic heterocycles. The Morgan fingerprint density at radius 2 is 1.76 bits per heavy atom. The van der Waals surface area contributed by atoms with E-state index in [0.717, 1.165) is 42.7 Å². The van der Waals surface area contributed by atoms with E-state index in [4.69, 9.17) is 0 Å². The van der Waals surface area contributed by atoms with Crippen LogP contribution in [0, 0.1) is 23.6 Å². The minimum Gasteiger partial charge on any atom is -0.403 e. The summed E-state index contributed by atoms with van der Waals surface area (Å²) in [5, 5.41) is 0. The third-order valence-corrected chi connectivity index (χ3v) is 6.07. The molecule has 5 heteroatoms. The molecule has 0 bridgehead atoms. The highest BCUT2D eigenvalue weighted by Gasteiger charge is 2.36. The van der Waals surface area contributed by atoms with E-state index in [-0.39, 0.29) is 5.92 Å². The van der Waals surface area contributed by atoms with Gasteiger partial charge in [0, 0.05) is 0 Å². The topological polar surface area (TPSA) is 9.23 Å². The fraction of sp³-hybridized carbons (Fsp3) is 0.700. The molecule has 2 aliphatic rings. The van der Waals surface area contributed by atoms with E-state index in [1.807, 2.05) is 0 Å². The van der Waals surface area contributed by atoms with Crippen LogP contribution in [0.5, 0.6) is 5.75 Å². The van der Waals surface area contributed by atoms with Crippen LogP contribution in [-0.2, 0) is 0 Å². The minimum atomic E-state index is -4.86. The van der Waals surface area contributed by atoms with Gasteiger partial charge in [-0.1, -0.05) is 32.3 Å². The van der Waals surface area contributed by atoms with Crippen LogP contribution in [0.25, 0.3) is 0 Å². The summed E-state index contributed by atoms with van der Waals surface area (Å²) in [6.45, 7) is 2.24. The standard InChI is InChI=1S/C20H26F4O/c1-2-3-13-4-5-15-11-16(7-6-14(15)10-13)17-8-9-19(18(21)12-17)25-20(22,23)24/h8-9,12-16H,2-7,10-11H2,1H3/t13-,14-,15-,16-/m1/s1. The molecule has 1 aromatic carbocycles. The molecule has 0 saturated heterocycles. The molecule has 140 valence electrons. The van der Waals surface area contributed by atoms with Gasteiger partial charge in [0.1, 0.15) is 0 Å². The van der Waals surface area contributed by atoms with Gasteiger partial charge in [-0.15, -0.1) is 13.2 Å². The Morgan fingerprint density at radius 1 is 1.04 bits per heavy atom. The monoisotopic (exact) mass is 358 g/mol. The van der Waals surface area contributed by atoms with Gasteiger partial charge in [0.05, 0.1) is 0 Å². The van der Waals surface area contributed by atoms with Crippen LogP contribution in [-0.4, -0.2) is 6.36 Å². The number of hydrogen-bond acceptors (Lipinski definition) is 1. The van der Waals surface area contributed by atoms with Crippen molar-refractivity contribution in [3.05, 3.63) is 29.6 Å². The number of alkyl halides is 3. The van der Waals surface area contributed by atoms with E-state index < -0.39 is 17.9 Å². The van der Waals surface area contributed by atoms with Crippen molar-refractivity contribution in [3.63, 3.8) is 0 Å². The summed E-state index contributed by atoms with van der Waals surface area (Å²) in [6.07, 6.45) is 4.72. The first-order chi connectivity index (χ1) is 11.9. The lowest BCUT2D eigenvalue weighted by Gasteiger charge is -2.42. The minimum absolute atomic E-state index is 0.249. The van der Waals surface area contributed by atoms with Crippen molar-refractivity contribution in [2.75, 3.05) is 0 Å². The highest BCUT2D eigenvalue weighted by Crippen LogP contribution is 2.48. The predicted octanol–water partition coefficient (Wildman–Crippen LogP) is 6.82. The van der Waals surface area contributed by atoms with E-state index in [1.165, 1.54) is 38.2 Å². The second-order valence-corrected chi connectivity index (χ2v) is 7.74. The fourth-order valence-corrected chi connectivity index (χ4v) is 4.94. The van der Waals surface area contributed by atoms with Crippen molar-refractivity contribution in [1.29, 1.82) is 0 Å². The van der Waals surface area contributed by atoms with E-state index in [9.17, 15) is 17.6 Å². The quantitative estimate of drug-likeness (QED) is 0.536. The van der Waals surface area contributed by atoms with Crippen molar-refractivity contribution in [3.8, 4) is 5.75 Å². The molecule has 0 radical (unpaired) electrons. The van der Waals surface area contributed by atoms with Gasteiger partial charge in [-0.3, -0.25) is 0 Å². The molecule has 2 saturated carbocycles. The number of halogens is 4. The maximum atomic E-state index is 14.0. The fourth-order valence-electron chi connectivity index (χ4n) is 4.94. The van der Waals surface area contributed by atoms with Crippen LogP contribution in [0.15, 0.2) is 18.2 Å². The average Bonchev–Trinajstić information content (AvgIpc) is 2.55. The molecule has 0 N–H and O–H groups in total. The summed E-state index contributed by atoms with van der Waals surface area (Å²) in [7, 11) is 0. The molecular weight excluding hydrogens is 332 g/mol. The maximum absolute atomic E-state index is 14.0. The summed E-state index contributed by atoms with van der Waals surface area (Å²) in [5.41, 5.74) is 0.807. The van der Waals surface area contributed by atoms with Crippen LogP contribution in [0.3, 0.4) is 0 Å². The molecule has 0 heterocycles. The van der Waals surface area contributed by atoms with Crippen molar-refractivity contribution in [1.82, 2.24) is 0 Å². The summed E-state index contributed by atoms with van der Waals surface area (Å²) >= 11 is 0. The first-order valence-electron chi connectivity index (χ1n) is 9.41. The van der Waals surface area contributed by atoms with Gasteiger partial charge < -0.3 is 4.74 Å². The average molecular weight is 358 g/mol. The van der Waals surface area contributed by atoms with E-state index in [1.54, 1.807) is 6.07 Å². The van der Waals surface area contributed by atoms with Crippen LogP contribution in [0.1, 0.15) is 69.8 Å². The van der Waals surface area contributed by atoms with Crippen molar-refractivity contribution in [2.45, 2.75) is 70.6 Å². The van der Waals surface area contributed by atoms with Gasteiger partial charge in [-0.2, -0.15) is 0 Å². The summed E-state index contributed by atoms with van der Waals surface area (Å²) in [4.78, 5) is 0. The molecule has 1 aromatic rings. The van der Waals surface area contributed by atoms with Gasteiger partial charge in [0.2, 0.25) is 0 Å². The number of rotatable bonds is 4. The van der Waals surface area contributed by atoms with Crippen LogP contribution in [0.4, 0.5) is 17.6 Å². The molecule has 25 heavy (non-hydrogen) atoms. The third-order valence-electron chi connectivity index (χ3n) is 6.07. The molecule has 0 amide bonds. The molecule has 4 atom stereocenters. The Labute approximate surface area is 146 Å². The van der Waals surface area contributed by atoms with E-state index in [2.05, 4.69) is 11.7 Å². The first-order valence-corrected chi connectivity index (χ1v) is 9.41. The second kappa shape index (κ2) is 7.55. The summed E-state index contributed by atoms with van der Waals surface area (Å²) < 4.78 is 54.5. The van der Waals surface area contributed by atoms with Crippen molar-refractivity contribution >= 4 is 0 Å². The largest absolute Gasteiger partial charge is 0.573 e. The van der Waals surface area contributed by atoms with E-state index in [0.29, 0.717) is 5.92 Å². The van der Waals surface area contributed by atoms with Crippen molar-refractivity contribution < 1.29 is 22.3 Å². The lowest BCUT2D eigenvalue weighted by molar-refractivity contribution is -0.275. The Bertz CT molecular complexity index is 584. The second-order valence-electron chi connectivity index (χ2n) is 7.74.